The molecule has 8 nitrogen and oxygen atoms in total. The number of rotatable bonds is 3. The van der Waals surface area contributed by atoms with Crippen LogP contribution in [0.15, 0.2) is 23.4 Å². The molecule has 20 heavy (non-hydrogen) atoms. The molecule has 0 aliphatic carbocycles. The Bertz CT molecular complexity index is 667. The van der Waals surface area contributed by atoms with E-state index in [4.69, 9.17) is 10.4 Å². The van der Waals surface area contributed by atoms with Gasteiger partial charge in [-0.25, -0.2) is 13.4 Å². The van der Waals surface area contributed by atoms with Crippen LogP contribution in [0.2, 0.25) is 0 Å². The third-order valence-corrected chi connectivity index (χ3v) is 4.79. The van der Waals surface area contributed by atoms with Crippen LogP contribution in [-0.4, -0.2) is 54.5 Å². The van der Waals surface area contributed by atoms with Crippen LogP contribution in [0, 0.1) is 11.3 Å². The predicted octanol–water partition coefficient (Wildman–Crippen LogP) is -1.000. The number of sulfonamides is 1. The lowest BCUT2D eigenvalue weighted by molar-refractivity contribution is -0.141. The van der Waals surface area contributed by atoms with Crippen molar-refractivity contribution in [2.24, 2.45) is 0 Å². The van der Waals surface area contributed by atoms with Crippen molar-refractivity contribution in [3.8, 4) is 6.07 Å². The van der Waals surface area contributed by atoms with Crippen LogP contribution in [0.3, 0.4) is 0 Å². The number of piperazine rings is 1. The van der Waals surface area contributed by atoms with Gasteiger partial charge in [0.15, 0.2) is 5.03 Å². The number of hydrogen-bond acceptors (Lipinski definition) is 6. The molecular weight excluding hydrogens is 284 g/mol. The van der Waals surface area contributed by atoms with Gasteiger partial charge in [0.2, 0.25) is 0 Å². The molecule has 0 amide bonds. The van der Waals surface area contributed by atoms with E-state index in [-0.39, 0.29) is 18.7 Å². The van der Waals surface area contributed by atoms with Gasteiger partial charge in [-0.1, -0.05) is 0 Å². The van der Waals surface area contributed by atoms with Crippen molar-refractivity contribution in [1.29, 1.82) is 5.26 Å². The lowest BCUT2D eigenvalue weighted by atomic mass is 10.2. The van der Waals surface area contributed by atoms with Crippen molar-refractivity contribution in [1.82, 2.24) is 14.6 Å². The van der Waals surface area contributed by atoms with Gasteiger partial charge >= 0.3 is 5.97 Å². The maximum Gasteiger partial charge on any atom is 0.323 e. The standard InChI is InChI=1S/C11H12N4O4S/c12-6-8-2-1-3-14-10(8)20(18,19)15-5-4-13-7-9(15)11(16)17/h1-3,9,13H,4-5,7H2,(H,16,17)/t9-/m0/s1. The Hall–Kier alpha value is -2.02. The second-order valence-corrected chi connectivity index (χ2v) is 5.95. The third kappa shape index (κ3) is 2.49. The minimum absolute atomic E-state index is 0.0146. The molecule has 1 aromatic heterocycles. The number of nitrogens with zero attached hydrogens (tertiary/aromatic N) is 3. The fraction of sp³-hybridized carbons (Fsp3) is 0.364. The van der Waals surface area contributed by atoms with E-state index in [1.165, 1.54) is 18.3 Å². The Morgan fingerprint density at radius 1 is 1.60 bits per heavy atom. The Morgan fingerprint density at radius 3 is 3.00 bits per heavy atom. The number of aromatic nitrogens is 1. The van der Waals surface area contributed by atoms with E-state index < -0.39 is 27.1 Å². The van der Waals surface area contributed by atoms with E-state index in [0.717, 1.165) is 4.31 Å². The van der Waals surface area contributed by atoms with Crippen LogP contribution in [0.4, 0.5) is 0 Å². The summed E-state index contributed by atoms with van der Waals surface area (Å²) in [5, 5.41) is 20.5. The average molecular weight is 296 g/mol. The van der Waals surface area contributed by atoms with Crippen molar-refractivity contribution in [2.75, 3.05) is 19.6 Å². The molecule has 0 bridgehead atoms. The second-order valence-electron chi connectivity index (χ2n) is 4.14. The Labute approximate surface area is 115 Å². The maximum absolute atomic E-state index is 12.5. The molecule has 2 heterocycles. The summed E-state index contributed by atoms with van der Waals surface area (Å²) in [6.45, 7) is 0.377. The topological polar surface area (TPSA) is 123 Å². The van der Waals surface area contributed by atoms with Gasteiger partial charge in [0.25, 0.3) is 10.0 Å². The van der Waals surface area contributed by atoms with Crippen LogP contribution in [-0.2, 0) is 14.8 Å². The number of carboxylic acids is 1. The largest absolute Gasteiger partial charge is 0.480 e. The van der Waals surface area contributed by atoms with Gasteiger partial charge in [-0.3, -0.25) is 4.79 Å². The zero-order valence-electron chi connectivity index (χ0n) is 10.4. The summed E-state index contributed by atoms with van der Waals surface area (Å²) in [4.78, 5) is 14.9. The summed E-state index contributed by atoms with van der Waals surface area (Å²) in [5.41, 5.74) is -0.102. The van der Waals surface area contributed by atoms with E-state index >= 15 is 0 Å². The van der Waals surface area contributed by atoms with Crippen molar-refractivity contribution in [3.63, 3.8) is 0 Å². The number of carbonyl (C=O) groups is 1. The highest BCUT2D eigenvalue weighted by molar-refractivity contribution is 7.89. The van der Waals surface area contributed by atoms with Gasteiger partial charge < -0.3 is 10.4 Å². The molecule has 2 N–H and O–H groups in total. The average Bonchev–Trinajstić information content (AvgIpc) is 2.47. The minimum Gasteiger partial charge on any atom is -0.480 e. The molecule has 2 rings (SSSR count). The van der Waals surface area contributed by atoms with E-state index in [1.807, 2.05) is 0 Å². The highest BCUT2D eigenvalue weighted by Gasteiger charge is 2.39. The van der Waals surface area contributed by atoms with Gasteiger partial charge in [0.05, 0.1) is 5.56 Å². The first-order chi connectivity index (χ1) is 9.48. The molecule has 1 atom stereocenters. The molecule has 0 unspecified atom stereocenters. The lowest BCUT2D eigenvalue weighted by Crippen LogP contribution is -2.56. The SMILES string of the molecule is N#Cc1cccnc1S(=O)(=O)N1CCNC[C@H]1C(=O)O. The minimum atomic E-state index is -4.12. The molecule has 1 aliphatic rings. The second kappa shape index (κ2) is 5.54. The van der Waals surface area contributed by atoms with Crippen molar-refractivity contribution >= 4 is 16.0 Å². The number of pyridine rings is 1. The zero-order chi connectivity index (χ0) is 14.8. The van der Waals surface area contributed by atoms with Gasteiger partial charge in [-0.05, 0) is 12.1 Å². The van der Waals surface area contributed by atoms with Crippen molar-refractivity contribution < 1.29 is 18.3 Å². The first kappa shape index (κ1) is 14.4. The summed E-state index contributed by atoms with van der Waals surface area (Å²) in [6, 6.07) is 3.33. The van der Waals surface area contributed by atoms with Crippen molar-refractivity contribution in [3.05, 3.63) is 23.9 Å². The van der Waals surface area contributed by atoms with Crippen LogP contribution in [0.1, 0.15) is 5.56 Å². The normalized spacial score (nSPS) is 20.2. The molecular formula is C11H12N4O4S. The Kier molecular flexibility index (Phi) is 3.99. The smallest absolute Gasteiger partial charge is 0.323 e. The highest BCUT2D eigenvalue weighted by atomic mass is 32.2. The number of hydrogen-bond donors (Lipinski definition) is 2. The summed E-state index contributed by atoms with van der Waals surface area (Å²) >= 11 is 0. The van der Waals surface area contributed by atoms with Crippen molar-refractivity contribution in [2.45, 2.75) is 11.1 Å². The Morgan fingerprint density at radius 2 is 2.35 bits per heavy atom. The monoisotopic (exact) mass is 296 g/mol. The van der Waals surface area contributed by atoms with Gasteiger partial charge in [-0.15, -0.1) is 0 Å². The van der Waals surface area contributed by atoms with Gasteiger partial charge in [0, 0.05) is 25.8 Å². The highest BCUT2D eigenvalue weighted by Crippen LogP contribution is 2.20. The fourth-order valence-electron chi connectivity index (χ4n) is 1.98. The fourth-order valence-corrected chi connectivity index (χ4v) is 3.62. The molecule has 1 aromatic rings. The zero-order valence-corrected chi connectivity index (χ0v) is 11.2. The maximum atomic E-state index is 12.5. The molecule has 1 aliphatic heterocycles. The molecule has 106 valence electrons. The predicted molar refractivity (Wildman–Crippen MR) is 67.1 cm³/mol. The van der Waals surface area contributed by atoms with E-state index in [2.05, 4.69) is 10.3 Å². The van der Waals surface area contributed by atoms with Crippen LogP contribution >= 0.6 is 0 Å². The van der Waals surface area contributed by atoms with Gasteiger partial charge in [0.1, 0.15) is 12.1 Å². The lowest BCUT2D eigenvalue weighted by Gasteiger charge is -2.32. The molecule has 1 fully saturated rings. The number of nitrogens with one attached hydrogen (secondary N) is 1. The quantitative estimate of drug-likeness (QED) is 0.733. The first-order valence-corrected chi connectivity index (χ1v) is 7.23. The summed E-state index contributed by atoms with van der Waals surface area (Å²) < 4.78 is 25.9. The van der Waals surface area contributed by atoms with Crippen LogP contribution in [0.5, 0.6) is 0 Å². The number of nitriles is 1. The summed E-state index contributed by atoms with van der Waals surface area (Å²) in [7, 11) is -4.12. The van der Waals surface area contributed by atoms with Crippen LogP contribution < -0.4 is 5.32 Å². The number of carboxylic acid groups (broad SMARTS) is 1. The summed E-state index contributed by atoms with van der Waals surface area (Å²) in [5.74, 6) is -1.24. The number of aliphatic carboxylic acids is 1. The molecule has 1 saturated heterocycles. The summed E-state index contributed by atoms with van der Waals surface area (Å²) in [6.07, 6.45) is 1.26. The van der Waals surface area contributed by atoms with Gasteiger partial charge in [-0.2, -0.15) is 9.57 Å². The van der Waals surface area contributed by atoms with E-state index in [9.17, 15) is 13.2 Å². The Balaban J connectivity index is 2.48. The molecule has 9 heteroatoms. The molecule has 0 radical (unpaired) electrons. The first-order valence-electron chi connectivity index (χ1n) is 5.79. The molecule has 0 aromatic carbocycles. The van der Waals surface area contributed by atoms with Crippen LogP contribution in [0.25, 0.3) is 0 Å². The molecule has 0 saturated carbocycles. The third-order valence-electron chi connectivity index (χ3n) is 2.92. The van der Waals surface area contributed by atoms with E-state index in [1.54, 1.807) is 6.07 Å². The van der Waals surface area contributed by atoms with E-state index in [0.29, 0.717) is 6.54 Å². The molecule has 0 spiro atoms.